The summed E-state index contributed by atoms with van der Waals surface area (Å²) in [6.07, 6.45) is -1.25. The van der Waals surface area contributed by atoms with E-state index in [-0.39, 0.29) is 18.1 Å². The number of ether oxygens (including phenoxy) is 1. The van der Waals surface area contributed by atoms with E-state index in [4.69, 9.17) is 4.74 Å². The molecule has 1 unspecified atom stereocenters. The number of carbonyl (C=O) groups is 1. The molecule has 0 fully saturated rings. The fourth-order valence-corrected chi connectivity index (χ4v) is 2.01. The number of aliphatic hydroxyl groups is 1. The Morgan fingerprint density at radius 1 is 1.22 bits per heavy atom. The second-order valence-electron chi connectivity index (χ2n) is 5.22. The monoisotopic (exact) mass is 321 g/mol. The molecule has 0 bridgehead atoms. The van der Waals surface area contributed by atoms with Crippen LogP contribution in [0.15, 0.2) is 42.5 Å². The summed E-state index contributed by atoms with van der Waals surface area (Å²) >= 11 is 0. The minimum atomic E-state index is -1.25. The predicted molar refractivity (Wildman–Crippen MR) is 81.3 cm³/mol. The first kappa shape index (κ1) is 16.9. The van der Waals surface area contributed by atoms with Crippen LogP contribution in [0.1, 0.15) is 22.0 Å². The van der Waals surface area contributed by atoms with Crippen LogP contribution in [0.3, 0.4) is 0 Å². The third-order valence-corrected chi connectivity index (χ3v) is 3.22. The molecule has 122 valence electrons. The summed E-state index contributed by atoms with van der Waals surface area (Å²) in [6.45, 7) is -0.220. The average Bonchev–Trinajstić information content (AvgIpc) is 2.52. The predicted octanol–water partition coefficient (Wildman–Crippen LogP) is 2.78. The minimum Gasteiger partial charge on any atom is -0.491 e. The molecular formula is C17H17F2NO3. The highest BCUT2D eigenvalue weighted by molar-refractivity contribution is 5.94. The zero-order valence-corrected chi connectivity index (χ0v) is 12.8. The summed E-state index contributed by atoms with van der Waals surface area (Å²) in [5.41, 5.74) is 0.391. The van der Waals surface area contributed by atoms with Crippen molar-refractivity contribution in [2.24, 2.45) is 0 Å². The third kappa shape index (κ3) is 4.26. The molecule has 4 nitrogen and oxygen atoms in total. The van der Waals surface area contributed by atoms with Gasteiger partial charge >= 0.3 is 0 Å². The SMILES string of the molecule is CN(C)C(=O)c1cccc(OCC(O)c2ccc(F)cc2F)c1. The van der Waals surface area contributed by atoms with E-state index in [1.807, 2.05) is 0 Å². The molecule has 0 aliphatic rings. The van der Waals surface area contributed by atoms with Gasteiger partial charge in [-0.3, -0.25) is 4.79 Å². The number of hydrogen-bond acceptors (Lipinski definition) is 3. The van der Waals surface area contributed by atoms with E-state index in [0.29, 0.717) is 17.4 Å². The Balaban J connectivity index is 2.05. The van der Waals surface area contributed by atoms with Crippen molar-refractivity contribution >= 4 is 5.91 Å². The van der Waals surface area contributed by atoms with Gasteiger partial charge < -0.3 is 14.7 Å². The van der Waals surface area contributed by atoms with Gasteiger partial charge in [-0.25, -0.2) is 8.78 Å². The van der Waals surface area contributed by atoms with Crippen molar-refractivity contribution in [1.82, 2.24) is 4.90 Å². The second kappa shape index (κ2) is 7.19. The van der Waals surface area contributed by atoms with Crippen molar-refractivity contribution in [2.75, 3.05) is 20.7 Å². The van der Waals surface area contributed by atoms with Crippen LogP contribution < -0.4 is 4.74 Å². The summed E-state index contributed by atoms with van der Waals surface area (Å²) in [6, 6.07) is 9.40. The first-order valence-corrected chi connectivity index (χ1v) is 6.96. The Labute approximate surface area is 132 Å². The molecule has 1 amide bonds. The van der Waals surface area contributed by atoms with Crippen molar-refractivity contribution in [3.8, 4) is 5.75 Å². The molecule has 2 aromatic carbocycles. The highest BCUT2D eigenvalue weighted by Gasteiger charge is 2.15. The van der Waals surface area contributed by atoms with E-state index in [1.54, 1.807) is 32.3 Å². The van der Waals surface area contributed by atoms with Crippen LogP contribution in [0.4, 0.5) is 8.78 Å². The molecule has 2 rings (SSSR count). The maximum absolute atomic E-state index is 13.6. The largest absolute Gasteiger partial charge is 0.491 e. The molecule has 0 heterocycles. The van der Waals surface area contributed by atoms with Crippen molar-refractivity contribution in [2.45, 2.75) is 6.10 Å². The fraction of sp³-hybridized carbons (Fsp3) is 0.235. The van der Waals surface area contributed by atoms with E-state index >= 15 is 0 Å². The first-order valence-electron chi connectivity index (χ1n) is 6.96. The Bertz CT molecular complexity index is 704. The molecule has 6 heteroatoms. The van der Waals surface area contributed by atoms with Gasteiger partial charge in [0.05, 0.1) is 0 Å². The maximum Gasteiger partial charge on any atom is 0.253 e. The van der Waals surface area contributed by atoms with Crippen LogP contribution in [0.2, 0.25) is 0 Å². The fourth-order valence-electron chi connectivity index (χ4n) is 2.01. The van der Waals surface area contributed by atoms with Gasteiger partial charge in [-0.1, -0.05) is 12.1 Å². The lowest BCUT2D eigenvalue weighted by Gasteiger charge is -2.15. The average molecular weight is 321 g/mol. The zero-order chi connectivity index (χ0) is 17.0. The molecule has 1 atom stereocenters. The standard InChI is InChI=1S/C17H17F2NO3/c1-20(2)17(22)11-4-3-5-13(8-11)23-10-16(21)14-7-6-12(18)9-15(14)19/h3-9,16,21H,10H2,1-2H3. The molecule has 0 aromatic heterocycles. The molecule has 0 saturated carbocycles. The van der Waals surface area contributed by atoms with Crippen LogP contribution in [0.5, 0.6) is 5.75 Å². The van der Waals surface area contributed by atoms with E-state index < -0.39 is 17.7 Å². The summed E-state index contributed by atoms with van der Waals surface area (Å²) in [4.78, 5) is 13.3. The molecule has 0 aliphatic heterocycles. The first-order chi connectivity index (χ1) is 10.9. The van der Waals surface area contributed by atoms with Gasteiger partial charge in [0.15, 0.2) is 0 Å². The van der Waals surface area contributed by atoms with E-state index in [1.165, 1.54) is 17.0 Å². The second-order valence-corrected chi connectivity index (χ2v) is 5.22. The topological polar surface area (TPSA) is 49.8 Å². The van der Waals surface area contributed by atoms with Crippen molar-refractivity contribution in [1.29, 1.82) is 0 Å². The number of rotatable bonds is 5. The van der Waals surface area contributed by atoms with Gasteiger partial charge in [-0.2, -0.15) is 0 Å². The van der Waals surface area contributed by atoms with E-state index in [9.17, 15) is 18.7 Å². The van der Waals surface area contributed by atoms with Crippen LogP contribution >= 0.6 is 0 Å². The summed E-state index contributed by atoms with van der Waals surface area (Å²) < 4.78 is 31.8. The van der Waals surface area contributed by atoms with Gasteiger partial charge in [-0.05, 0) is 24.3 Å². The van der Waals surface area contributed by atoms with Crippen LogP contribution in [-0.2, 0) is 0 Å². The normalized spacial score (nSPS) is 11.9. The quantitative estimate of drug-likeness (QED) is 0.921. The smallest absolute Gasteiger partial charge is 0.253 e. The van der Waals surface area contributed by atoms with Crippen molar-refractivity contribution < 1.29 is 23.4 Å². The summed E-state index contributed by atoms with van der Waals surface area (Å²) in [7, 11) is 3.27. The number of hydrogen-bond donors (Lipinski definition) is 1. The van der Waals surface area contributed by atoms with Gasteiger partial charge in [0.25, 0.3) is 5.91 Å². The Hall–Kier alpha value is -2.47. The molecule has 0 saturated heterocycles. The lowest BCUT2D eigenvalue weighted by atomic mass is 10.1. The van der Waals surface area contributed by atoms with Gasteiger partial charge in [0, 0.05) is 31.3 Å². The van der Waals surface area contributed by atoms with Gasteiger partial charge in [0.1, 0.15) is 30.1 Å². The Kier molecular flexibility index (Phi) is 5.28. The lowest BCUT2D eigenvalue weighted by Crippen LogP contribution is -2.21. The number of amides is 1. The van der Waals surface area contributed by atoms with Crippen molar-refractivity contribution in [3.63, 3.8) is 0 Å². The Morgan fingerprint density at radius 3 is 2.61 bits per heavy atom. The number of aliphatic hydroxyl groups excluding tert-OH is 1. The molecule has 2 aromatic rings. The molecule has 1 N–H and O–H groups in total. The summed E-state index contributed by atoms with van der Waals surface area (Å²) in [5, 5.41) is 9.96. The van der Waals surface area contributed by atoms with Gasteiger partial charge in [-0.15, -0.1) is 0 Å². The zero-order valence-electron chi connectivity index (χ0n) is 12.8. The number of benzene rings is 2. The highest BCUT2D eigenvalue weighted by atomic mass is 19.1. The molecule has 0 aliphatic carbocycles. The minimum absolute atomic E-state index is 0.0491. The summed E-state index contributed by atoms with van der Waals surface area (Å²) in [5.74, 6) is -1.35. The van der Waals surface area contributed by atoms with Crippen molar-refractivity contribution in [3.05, 3.63) is 65.2 Å². The Morgan fingerprint density at radius 2 is 1.96 bits per heavy atom. The van der Waals surface area contributed by atoms with Gasteiger partial charge in [0.2, 0.25) is 0 Å². The maximum atomic E-state index is 13.6. The highest BCUT2D eigenvalue weighted by Crippen LogP contribution is 2.21. The molecule has 23 heavy (non-hydrogen) atoms. The van der Waals surface area contributed by atoms with E-state index in [0.717, 1.165) is 6.07 Å². The van der Waals surface area contributed by atoms with E-state index in [2.05, 4.69) is 0 Å². The molecular weight excluding hydrogens is 304 g/mol. The third-order valence-electron chi connectivity index (χ3n) is 3.22. The van der Waals surface area contributed by atoms with Crippen LogP contribution in [0, 0.1) is 11.6 Å². The molecule has 0 radical (unpaired) electrons. The van der Waals surface area contributed by atoms with Crippen LogP contribution in [-0.4, -0.2) is 36.6 Å². The molecule has 0 spiro atoms. The lowest BCUT2D eigenvalue weighted by molar-refractivity contribution is 0.0826. The van der Waals surface area contributed by atoms with Crippen LogP contribution in [0.25, 0.3) is 0 Å². The number of halogens is 2. The number of carbonyl (C=O) groups excluding carboxylic acids is 1. The number of nitrogens with zero attached hydrogens (tertiary/aromatic N) is 1.